The van der Waals surface area contributed by atoms with E-state index in [0.29, 0.717) is 5.56 Å². The second kappa shape index (κ2) is 3.46. The summed E-state index contributed by atoms with van der Waals surface area (Å²) in [5, 5.41) is 8.65. The monoisotopic (exact) mass is 162 g/mol. The van der Waals surface area contributed by atoms with Crippen LogP contribution in [0, 0.1) is 0 Å². The minimum atomic E-state index is -1.04. The van der Waals surface area contributed by atoms with E-state index in [1.54, 1.807) is 18.2 Å². The molecule has 0 saturated carbocycles. The van der Waals surface area contributed by atoms with Gasteiger partial charge in [-0.1, -0.05) is 12.1 Å². The van der Waals surface area contributed by atoms with Crippen LogP contribution in [0.3, 0.4) is 0 Å². The van der Waals surface area contributed by atoms with E-state index in [1.165, 1.54) is 6.07 Å². The van der Waals surface area contributed by atoms with Gasteiger partial charge in [-0.25, -0.2) is 4.79 Å². The minimum absolute atomic E-state index is 0.121. The SMILES string of the molecule is [N-]=[N+]=Cc1ccccc1C(=O)O. The third-order valence-corrected chi connectivity index (χ3v) is 1.39. The van der Waals surface area contributed by atoms with Crippen LogP contribution in [-0.4, -0.2) is 22.1 Å². The van der Waals surface area contributed by atoms with Crippen LogP contribution in [0.5, 0.6) is 0 Å². The number of nitrogens with zero attached hydrogens (tertiary/aromatic N) is 2. The molecule has 0 heterocycles. The molecule has 0 aliphatic heterocycles. The van der Waals surface area contributed by atoms with E-state index in [9.17, 15) is 4.79 Å². The van der Waals surface area contributed by atoms with Crippen LogP contribution in [0.4, 0.5) is 0 Å². The van der Waals surface area contributed by atoms with Gasteiger partial charge in [-0.3, -0.25) is 0 Å². The van der Waals surface area contributed by atoms with Crippen molar-refractivity contribution in [2.45, 2.75) is 0 Å². The summed E-state index contributed by atoms with van der Waals surface area (Å²) in [4.78, 5) is 13.3. The minimum Gasteiger partial charge on any atom is -0.478 e. The molecule has 0 saturated heterocycles. The van der Waals surface area contributed by atoms with Crippen molar-refractivity contribution in [2.75, 3.05) is 0 Å². The molecule has 0 bridgehead atoms. The van der Waals surface area contributed by atoms with E-state index in [0.717, 1.165) is 6.21 Å². The predicted molar refractivity (Wildman–Crippen MR) is 42.2 cm³/mol. The Hall–Kier alpha value is -1.93. The second-order valence-electron chi connectivity index (χ2n) is 2.14. The Morgan fingerprint density at radius 1 is 1.50 bits per heavy atom. The number of carboxylic acid groups (broad SMARTS) is 1. The van der Waals surface area contributed by atoms with Gasteiger partial charge in [0.05, 0.1) is 11.1 Å². The zero-order valence-electron chi connectivity index (χ0n) is 6.14. The van der Waals surface area contributed by atoms with Crippen LogP contribution in [0.1, 0.15) is 15.9 Å². The molecule has 0 amide bonds. The van der Waals surface area contributed by atoms with E-state index >= 15 is 0 Å². The number of carbonyl (C=O) groups is 1. The van der Waals surface area contributed by atoms with Gasteiger partial charge in [-0.05, 0) is 12.1 Å². The first-order valence-electron chi connectivity index (χ1n) is 3.25. The van der Waals surface area contributed by atoms with Gasteiger partial charge < -0.3 is 10.6 Å². The number of rotatable bonds is 2. The Morgan fingerprint density at radius 3 is 2.75 bits per heavy atom. The summed E-state index contributed by atoms with van der Waals surface area (Å²) in [7, 11) is 0. The lowest BCUT2D eigenvalue weighted by Crippen LogP contribution is -2.01. The fourth-order valence-electron chi connectivity index (χ4n) is 0.867. The summed E-state index contributed by atoms with van der Waals surface area (Å²) < 4.78 is 0. The maximum absolute atomic E-state index is 10.6. The molecular weight excluding hydrogens is 156 g/mol. The first-order chi connectivity index (χ1) is 5.75. The van der Waals surface area contributed by atoms with E-state index in [-0.39, 0.29) is 5.56 Å². The zero-order chi connectivity index (χ0) is 8.97. The van der Waals surface area contributed by atoms with Gasteiger partial charge in [0.15, 0.2) is 0 Å². The number of hydrogen-bond donors (Lipinski definition) is 1. The highest BCUT2D eigenvalue weighted by atomic mass is 16.4. The number of carboxylic acids is 1. The van der Waals surface area contributed by atoms with Gasteiger partial charge >= 0.3 is 5.97 Å². The van der Waals surface area contributed by atoms with Gasteiger partial charge in [0.25, 0.3) is 6.21 Å². The molecule has 1 aromatic rings. The highest BCUT2D eigenvalue weighted by Gasteiger charge is 2.08. The summed E-state index contributed by atoms with van der Waals surface area (Å²) in [6.07, 6.45) is 1.09. The van der Waals surface area contributed by atoms with Crippen molar-refractivity contribution in [1.82, 2.24) is 0 Å². The molecule has 0 atom stereocenters. The fourth-order valence-corrected chi connectivity index (χ4v) is 0.867. The van der Waals surface area contributed by atoms with E-state index in [1.807, 2.05) is 0 Å². The Balaban J connectivity index is 3.26. The van der Waals surface area contributed by atoms with Gasteiger partial charge in [0, 0.05) is 0 Å². The molecule has 4 nitrogen and oxygen atoms in total. The molecule has 1 aromatic carbocycles. The Morgan fingerprint density at radius 2 is 2.17 bits per heavy atom. The van der Waals surface area contributed by atoms with Gasteiger partial charge in [0.1, 0.15) is 0 Å². The molecule has 12 heavy (non-hydrogen) atoms. The van der Waals surface area contributed by atoms with Gasteiger partial charge in [-0.15, -0.1) is 0 Å². The molecule has 1 rings (SSSR count). The summed E-state index contributed by atoms with van der Waals surface area (Å²) in [6, 6.07) is 6.28. The highest BCUT2D eigenvalue weighted by molar-refractivity contribution is 5.97. The van der Waals surface area contributed by atoms with Crippen molar-refractivity contribution in [3.63, 3.8) is 0 Å². The second-order valence-corrected chi connectivity index (χ2v) is 2.14. The molecule has 0 aliphatic carbocycles. The summed E-state index contributed by atoms with van der Waals surface area (Å²) in [5.74, 6) is -1.04. The molecule has 4 heteroatoms. The van der Waals surface area contributed by atoms with Crippen LogP contribution in [0.25, 0.3) is 5.53 Å². The molecule has 0 radical (unpaired) electrons. The first kappa shape index (κ1) is 8.17. The van der Waals surface area contributed by atoms with Crippen LogP contribution in [0.2, 0.25) is 0 Å². The van der Waals surface area contributed by atoms with Crippen LogP contribution >= 0.6 is 0 Å². The van der Waals surface area contributed by atoms with E-state index in [4.69, 9.17) is 10.6 Å². The average Bonchev–Trinajstić information content (AvgIpc) is 2.05. The standard InChI is InChI=1S/C8H6N2O2/c9-10-5-6-3-1-2-4-7(6)8(11)12/h1-5H,(H,11,12). The van der Waals surface area contributed by atoms with Crippen LogP contribution < -0.4 is 0 Å². The highest BCUT2D eigenvalue weighted by Crippen LogP contribution is 2.04. The average molecular weight is 162 g/mol. The van der Waals surface area contributed by atoms with Gasteiger partial charge in [0.2, 0.25) is 0 Å². The summed E-state index contributed by atoms with van der Waals surface area (Å²) in [5.41, 5.74) is 8.71. The molecule has 0 spiro atoms. The molecule has 1 N–H and O–H groups in total. The van der Waals surface area contributed by atoms with Crippen LogP contribution in [-0.2, 0) is 0 Å². The largest absolute Gasteiger partial charge is 0.478 e. The fraction of sp³-hybridized carbons (Fsp3) is 0. The number of aromatic carboxylic acids is 1. The number of benzene rings is 1. The van der Waals surface area contributed by atoms with Crippen LogP contribution in [0.15, 0.2) is 24.3 Å². The maximum Gasteiger partial charge on any atom is 0.336 e. The topological polar surface area (TPSA) is 73.7 Å². The Bertz CT molecular complexity index is 333. The maximum atomic E-state index is 10.6. The van der Waals surface area contributed by atoms with Gasteiger partial charge in [-0.2, -0.15) is 4.79 Å². The molecule has 60 valence electrons. The van der Waals surface area contributed by atoms with E-state index in [2.05, 4.69) is 4.79 Å². The lowest BCUT2D eigenvalue weighted by atomic mass is 10.1. The molecule has 0 aliphatic rings. The molecule has 0 unspecified atom stereocenters. The summed E-state index contributed by atoms with van der Waals surface area (Å²) in [6.45, 7) is 0. The van der Waals surface area contributed by atoms with Crippen molar-refractivity contribution >= 4 is 12.2 Å². The quantitative estimate of drug-likeness (QED) is 0.400. The lowest BCUT2D eigenvalue weighted by molar-refractivity contribution is 0.00441. The number of hydrogen-bond acceptors (Lipinski definition) is 1. The third kappa shape index (κ3) is 1.56. The lowest BCUT2D eigenvalue weighted by Gasteiger charge is -1.93. The van der Waals surface area contributed by atoms with Crippen molar-refractivity contribution < 1.29 is 14.7 Å². The van der Waals surface area contributed by atoms with Crippen molar-refractivity contribution in [3.8, 4) is 0 Å². The Kier molecular flexibility index (Phi) is 2.35. The van der Waals surface area contributed by atoms with Crippen molar-refractivity contribution in [1.29, 1.82) is 0 Å². The van der Waals surface area contributed by atoms with E-state index < -0.39 is 5.97 Å². The normalized spacial score (nSPS) is 8.67. The third-order valence-electron chi connectivity index (χ3n) is 1.39. The molecule has 0 fully saturated rings. The smallest absolute Gasteiger partial charge is 0.336 e. The molecular formula is C8H6N2O2. The molecule has 0 aromatic heterocycles. The summed E-state index contributed by atoms with van der Waals surface area (Å²) >= 11 is 0. The first-order valence-corrected chi connectivity index (χ1v) is 3.25. The van der Waals surface area contributed by atoms with Crippen molar-refractivity contribution in [2.24, 2.45) is 0 Å². The zero-order valence-corrected chi connectivity index (χ0v) is 6.14. The predicted octanol–water partition coefficient (Wildman–Crippen LogP) is 1.03. The van der Waals surface area contributed by atoms with Crippen molar-refractivity contribution in [3.05, 3.63) is 40.9 Å². The Labute approximate surface area is 68.7 Å².